The van der Waals surface area contributed by atoms with E-state index < -0.39 is 16.7 Å². The number of rotatable bonds is 6. The van der Waals surface area contributed by atoms with E-state index in [1.54, 1.807) is 21.0 Å². The number of carbonyl (C=O) groups is 1. The van der Waals surface area contributed by atoms with Crippen LogP contribution in [-0.4, -0.2) is 47.9 Å². The first kappa shape index (κ1) is 17.2. The molecule has 0 atom stereocenters. The normalized spacial score (nSPS) is 12.0. The first-order chi connectivity index (χ1) is 10.4. The number of hydrogen-bond donors (Lipinski definition) is 1. The number of nitro benzene ring substituents is 1. The van der Waals surface area contributed by atoms with Gasteiger partial charge in [-0.15, -0.1) is 0 Å². The SMILES string of the molecule is CCOC(=O)C(C=NN(C)C)=C(O)c1ccccc1[N+](=O)[O-]. The Labute approximate surface area is 127 Å². The van der Waals surface area contributed by atoms with E-state index in [0.717, 1.165) is 6.21 Å². The minimum absolute atomic E-state index is 0.0826. The highest BCUT2D eigenvalue weighted by Gasteiger charge is 2.22. The second-order valence-corrected chi connectivity index (χ2v) is 4.35. The van der Waals surface area contributed by atoms with Gasteiger partial charge in [-0.2, -0.15) is 5.10 Å². The topological polar surface area (TPSA) is 105 Å². The van der Waals surface area contributed by atoms with Crippen LogP contribution in [0.5, 0.6) is 0 Å². The van der Waals surface area contributed by atoms with Crippen molar-refractivity contribution in [2.24, 2.45) is 5.10 Å². The fourth-order valence-corrected chi connectivity index (χ4v) is 1.57. The molecule has 1 rings (SSSR count). The van der Waals surface area contributed by atoms with Crippen molar-refractivity contribution in [3.8, 4) is 0 Å². The molecule has 118 valence electrons. The summed E-state index contributed by atoms with van der Waals surface area (Å²) < 4.78 is 4.84. The lowest BCUT2D eigenvalue weighted by atomic mass is 10.1. The van der Waals surface area contributed by atoms with Crippen LogP contribution in [0.15, 0.2) is 34.9 Å². The molecule has 0 radical (unpaired) electrons. The minimum atomic E-state index is -0.816. The van der Waals surface area contributed by atoms with Gasteiger partial charge in [0.05, 0.1) is 23.3 Å². The lowest BCUT2D eigenvalue weighted by Gasteiger charge is -2.08. The van der Waals surface area contributed by atoms with Crippen LogP contribution < -0.4 is 0 Å². The summed E-state index contributed by atoms with van der Waals surface area (Å²) in [5.74, 6) is -1.37. The summed E-state index contributed by atoms with van der Waals surface area (Å²) in [6, 6.07) is 5.56. The van der Waals surface area contributed by atoms with Crippen molar-refractivity contribution >= 4 is 23.6 Å². The molecule has 0 aliphatic rings. The number of carbonyl (C=O) groups excluding carboxylic acids is 1. The lowest BCUT2D eigenvalue weighted by molar-refractivity contribution is -0.385. The third-order valence-electron chi connectivity index (χ3n) is 2.52. The molecule has 0 aromatic heterocycles. The number of aliphatic hydroxyl groups is 1. The van der Waals surface area contributed by atoms with Crippen molar-refractivity contribution < 1.29 is 19.6 Å². The summed E-state index contributed by atoms with van der Waals surface area (Å²) in [6.07, 6.45) is 1.10. The van der Waals surface area contributed by atoms with Gasteiger partial charge in [0.1, 0.15) is 11.3 Å². The molecule has 0 saturated carbocycles. The van der Waals surface area contributed by atoms with Crippen molar-refractivity contribution in [1.29, 1.82) is 0 Å². The van der Waals surface area contributed by atoms with Crippen LogP contribution in [-0.2, 0) is 9.53 Å². The number of esters is 1. The van der Waals surface area contributed by atoms with E-state index in [1.165, 1.54) is 29.3 Å². The van der Waals surface area contributed by atoms with Gasteiger partial charge in [0.25, 0.3) is 5.69 Å². The van der Waals surface area contributed by atoms with Crippen LogP contribution in [0.4, 0.5) is 5.69 Å². The Kier molecular flexibility index (Phi) is 6.06. The summed E-state index contributed by atoms with van der Waals surface area (Å²) in [7, 11) is 3.25. The first-order valence-corrected chi connectivity index (χ1v) is 6.44. The van der Waals surface area contributed by atoms with Crippen LogP contribution in [0.1, 0.15) is 12.5 Å². The van der Waals surface area contributed by atoms with Crippen LogP contribution in [0.25, 0.3) is 5.76 Å². The van der Waals surface area contributed by atoms with Gasteiger partial charge in [-0.25, -0.2) is 4.79 Å². The Morgan fingerprint density at radius 2 is 2.09 bits per heavy atom. The number of benzene rings is 1. The number of nitro groups is 1. The van der Waals surface area contributed by atoms with Gasteiger partial charge in [-0.3, -0.25) is 10.1 Å². The van der Waals surface area contributed by atoms with Gasteiger partial charge in [0.2, 0.25) is 0 Å². The molecule has 0 aliphatic heterocycles. The van der Waals surface area contributed by atoms with E-state index in [-0.39, 0.29) is 23.4 Å². The number of hydrogen-bond acceptors (Lipinski definition) is 7. The van der Waals surface area contributed by atoms with E-state index in [0.29, 0.717) is 0 Å². The molecule has 0 fully saturated rings. The van der Waals surface area contributed by atoms with Gasteiger partial charge in [0.15, 0.2) is 0 Å². The van der Waals surface area contributed by atoms with Crippen molar-refractivity contribution in [3.63, 3.8) is 0 Å². The Morgan fingerprint density at radius 3 is 2.64 bits per heavy atom. The largest absolute Gasteiger partial charge is 0.506 e. The van der Waals surface area contributed by atoms with Crippen LogP contribution in [0.3, 0.4) is 0 Å². The highest BCUT2D eigenvalue weighted by Crippen LogP contribution is 2.26. The Balaban J connectivity index is 3.44. The highest BCUT2D eigenvalue weighted by molar-refractivity contribution is 6.15. The molecule has 0 amide bonds. The molecule has 0 heterocycles. The zero-order chi connectivity index (χ0) is 16.7. The summed E-state index contributed by atoms with van der Waals surface area (Å²) in [5.41, 5.74) is -0.661. The monoisotopic (exact) mass is 307 g/mol. The van der Waals surface area contributed by atoms with Gasteiger partial charge >= 0.3 is 5.97 Å². The first-order valence-electron chi connectivity index (χ1n) is 6.44. The summed E-state index contributed by atoms with van der Waals surface area (Å²) >= 11 is 0. The van der Waals surface area contributed by atoms with Crippen molar-refractivity contribution in [3.05, 3.63) is 45.5 Å². The number of ether oxygens (including phenoxy) is 1. The third-order valence-corrected chi connectivity index (χ3v) is 2.52. The summed E-state index contributed by atoms with van der Waals surface area (Å²) in [5, 5.41) is 26.6. The molecule has 0 aliphatic carbocycles. The molecule has 8 heteroatoms. The molecule has 1 aromatic carbocycles. The van der Waals surface area contributed by atoms with Gasteiger partial charge in [0, 0.05) is 20.2 Å². The van der Waals surface area contributed by atoms with E-state index in [2.05, 4.69) is 5.10 Å². The number of nitrogens with zero attached hydrogens (tertiary/aromatic N) is 3. The second kappa shape index (κ2) is 7.77. The molecule has 0 saturated heterocycles. The fraction of sp³-hybridized carbons (Fsp3) is 0.286. The molecule has 0 unspecified atom stereocenters. The number of aliphatic hydroxyl groups excluding tert-OH is 1. The van der Waals surface area contributed by atoms with Gasteiger partial charge < -0.3 is 14.9 Å². The third kappa shape index (κ3) is 4.30. The average molecular weight is 307 g/mol. The predicted molar refractivity (Wildman–Crippen MR) is 81.5 cm³/mol. The van der Waals surface area contributed by atoms with Crippen molar-refractivity contribution in [2.45, 2.75) is 6.92 Å². The van der Waals surface area contributed by atoms with Gasteiger partial charge in [-0.05, 0) is 13.0 Å². The number of para-hydroxylation sites is 1. The molecule has 1 N–H and O–H groups in total. The fourth-order valence-electron chi connectivity index (χ4n) is 1.57. The standard InChI is InChI=1S/C14H17N3O5/c1-4-22-14(19)11(9-15-16(2)3)13(18)10-7-5-6-8-12(10)17(20)21/h5-9,18H,4H2,1-3H3. The van der Waals surface area contributed by atoms with E-state index in [9.17, 15) is 20.0 Å². The Bertz CT molecular complexity index is 623. The maximum atomic E-state index is 11.9. The molecule has 8 nitrogen and oxygen atoms in total. The molecule has 1 aromatic rings. The zero-order valence-corrected chi connectivity index (χ0v) is 12.5. The molecular weight excluding hydrogens is 290 g/mol. The molecular formula is C14H17N3O5. The van der Waals surface area contributed by atoms with Crippen LogP contribution in [0, 0.1) is 10.1 Å². The summed E-state index contributed by atoms with van der Waals surface area (Å²) in [4.78, 5) is 22.3. The molecule has 0 spiro atoms. The minimum Gasteiger partial charge on any atom is -0.506 e. The van der Waals surface area contributed by atoms with Crippen molar-refractivity contribution in [2.75, 3.05) is 20.7 Å². The zero-order valence-electron chi connectivity index (χ0n) is 12.5. The van der Waals surface area contributed by atoms with E-state index >= 15 is 0 Å². The van der Waals surface area contributed by atoms with Crippen LogP contribution in [0.2, 0.25) is 0 Å². The van der Waals surface area contributed by atoms with E-state index in [4.69, 9.17) is 4.74 Å². The lowest BCUT2D eigenvalue weighted by Crippen LogP contribution is -2.13. The second-order valence-electron chi connectivity index (χ2n) is 4.35. The quantitative estimate of drug-likeness (QED) is 0.215. The van der Waals surface area contributed by atoms with Gasteiger partial charge in [-0.1, -0.05) is 12.1 Å². The van der Waals surface area contributed by atoms with Crippen molar-refractivity contribution in [1.82, 2.24) is 5.01 Å². The maximum Gasteiger partial charge on any atom is 0.343 e. The molecule has 22 heavy (non-hydrogen) atoms. The Morgan fingerprint density at radius 1 is 1.45 bits per heavy atom. The van der Waals surface area contributed by atoms with E-state index in [1.807, 2.05) is 0 Å². The molecule has 0 bridgehead atoms. The smallest absolute Gasteiger partial charge is 0.343 e. The van der Waals surface area contributed by atoms with Crippen LogP contribution >= 0.6 is 0 Å². The maximum absolute atomic E-state index is 11.9. The number of hydrazone groups is 1. The predicted octanol–water partition coefficient (Wildman–Crippen LogP) is 1.97. The summed E-state index contributed by atoms with van der Waals surface area (Å²) in [6.45, 7) is 1.71. The average Bonchev–Trinajstić information content (AvgIpc) is 2.47. The highest BCUT2D eigenvalue weighted by atomic mass is 16.6. The Hall–Kier alpha value is -2.90.